The monoisotopic (exact) mass is 170 g/mol. The van der Waals surface area contributed by atoms with Crippen molar-refractivity contribution in [1.82, 2.24) is 4.98 Å². The molecule has 0 fully saturated rings. The van der Waals surface area contributed by atoms with Crippen LogP contribution in [-0.2, 0) is 6.61 Å². The Balaban J connectivity index is 3.02. The molecule has 3 N–H and O–H groups in total. The fourth-order valence-corrected chi connectivity index (χ4v) is 1.30. The molecular weight excluding hydrogens is 159 g/mol. The number of nitrogen functional groups attached to an aromatic ring is 1. The van der Waals surface area contributed by atoms with Gasteiger partial charge in [-0.1, -0.05) is 8.58 Å². The van der Waals surface area contributed by atoms with Gasteiger partial charge in [-0.15, -0.1) is 0 Å². The maximum atomic E-state index is 8.82. The van der Waals surface area contributed by atoms with Gasteiger partial charge >= 0.3 is 0 Å². The third kappa shape index (κ3) is 1.88. The lowest BCUT2D eigenvalue weighted by atomic mass is 10.3. The molecule has 11 heavy (non-hydrogen) atoms. The molecule has 0 spiro atoms. The van der Waals surface area contributed by atoms with Crippen molar-refractivity contribution >= 4 is 19.7 Å². The van der Waals surface area contributed by atoms with Gasteiger partial charge < -0.3 is 10.8 Å². The van der Waals surface area contributed by atoms with Gasteiger partial charge in [0, 0.05) is 11.8 Å². The number of anilines is 1. The van der Waals surface area contributed by atoms with E-state index >= 15 is 0 Å². The van der Waals surface area contributed by atoms with E-state index < -0.39 is 0 Å². The van der Waals surface area contributed by atoms with Gasteiger partial charge in [0.05, 0.1) is 6.61 Å². The summed E-state index contributed by atoms with van der Waals surface area (Å²) >= 11 is 0. The van der Waals surface area contributed by atoms with Gasteiger partial charge in [-0.3, -0.25) is 0 Å². The van der Waals surface area contributed by atoms with Crippen LogP contribution in [0, 0.1) is 0 Å². The number of hydrogen-bond donors (Lipinski definition) is 2. The van der Waals surface area contributed by atoms with Crippen LogP contribution in [0.1, 0.15) is 5.56 Å². The van der Waals surface area contributed by atoms with Gasteiger partial charge in [0.1, 0.15) is 5.82 Å². The molecule has 0 aliphatic carbocycles. The first-order valence-electron chi connectivity index (χ1n) is 3.31. The normalized spacial score (nSPS) is 11.1. The summed E-state index contributed by atoms with van der Waals surface area (Å²) in [6, 6.07) is 1.89. The molecular formula is C7H11N2OP. The Morgan fingerprint density at radius 2 is 2.45 bits per heavy atom. The Morgan fingerprint density at radius 3 is 3.00 bits per heavy atom. The molecule has 1 atom stereocenters. The summed E-state index contributed by atoms with van der Waals surface area (Å²) < 4.78 is 0. The van der Waals surface area contributed by atoms with Gasteiger partial charge in [0.25, 0.3) is 0 Å². The van der Waals surface area contributed by atoms with Crippen molar-refractivity contribution in [3.63, 3.8) is 0 Å². The highest BCUT2D eigenvalue weighted by atomic mass is 31.1. The number of aromatic nitrogens is 1. The topological polar surface area (TPSA) is 59.1 Å². The highest BCUT2D eigenvalue weighted by Gasteiger charge is 1.98. The van der Waals surface area contributed by atoms with E-state index in [-0.39, 0.29) is 6.61 Å². The maximum Gasteiger partial charge on any atom is 0.128 e. The van der Waals surface area contributed by atoms with Gasteiger partial charge in [-0.2, -0.15) is 0 Å². The predicted molar refractivity (Wildman–Crippen MR) is 48.4 cm³/mol. The molecule has 4 heteroatoms. The van der Waals surface area contributed by atoms with E-state index in [0.29, 0.717) is 14.4 Å². The van der Waals surface area contributed by atoms with Crippen LogP contribution >= 0.6 is 8.58 Å². The second kappa shape index (κ2) is 3.65. The first-order chi connectivity index (χ1) is 5.27. The highest BCUT2D eigenvalue weighted by Crippen LogP contribution is 2.10. The summed E-state index contributed by atoms with van der Waals surface area (Å²) in [4.78, 5) is 3.95. The van der Waals surface area contributed by atoms with E-state index in [1.165, 1.54) is 0 Å². The van der Waals surface area contributed by atoms with Crippen LogP contribution in [0.15, 0.2) is 12.3 Å². The summed E-state index contributed by atoms with van der Waals surface area (Å²) in [7, 11) is 0.697. The summed E-state index contributed by atoms with van der Waals surface area (Å²) in [5, 5.41) is 9.95. The predicted octanol–water partition coefficient (Wildman–Crippen LogP) is 0.0897. The maximum absolute atomic E-state index is 8.82. The molecule has 3 nitrogen and oxygen atoms in total. The number of pyridine rings is 1. The quantitative estimate of drug-likeness (QED) is 0.618. The molecule has 1 heterocycles. The molecule has 0 aliphatic heterocycles. The molecule has 1 unspecified atom stereocenters. The van der Waals surface area contributed by atoms with Crippen LogP contribution in [0.2, 0.25) is 0 Å². The first-order valence-corrected chi connectivity index (χ1v) is 4.81. The molecule has 0 bridgehead atoms. The number of hydrogen-bond acceptors (Lipinski definition) is 3. The van der Waals surface area contributed by atoms with Crippen molar-refractivity contribution in [3.05, 3.63) is 17.8 Å². The molecule has 0 radical (unpaired) electrons. The average molecular weight is 170 g/mol. The fourth-order valence-electron chi connectivity index (χ4n) is 0.784. The van der Waals surface area contributed by atoms with Crippen molar-refractivity contribution < 1.29 is 5.11 Å². The highest BCUT2D eigenvalue weighted by molar-refractivity contribution is 7.46. The Hall–Kier alpha value is -0.660. The van der Waals surface area contributed by atoms with Crippen LogP contribution < -0.4 is 11.0 Å². The Bertz CT molecular complexity index is 252. The molecule has 1 aromatic rings. The van der Waals surface area contributed by atoms with E-state index in [1.54, 1.807) is 6.20 Å². The molecule has 0 saturated heterocycles. The zero-order valence-corrected chi connectivity index (χ0v) is 7.33. The zero-order chi connectivity index (χ0) is 8.27. The fraction of sp³-hybridized carbons (Fsp3) is 0.286. The molecule has 0 aliphatic rings. The van der Waals surface area contributed by atoms with Gasteiger partial charge in [-0.25, -0.2) is 4.98 Å². The largest absolute Gasteiger partial charge is 0.392 e. The molecule has 1 aromatic heterocycles. The van der Waals surface area contributed by atoms with Crippen LogP contribution in [-0.4, -0.2) is 16.8 Å². The lowest BCUT2D eigenvalue weighted by molar-refractivity contribution is 0.282. The molecule has 0 aromatic carbocycles. The van der Waals surface area contributed by atoms with E-state index in [2.05, 4.69) is 11.6 Å². The number of nitrogens with two attached hydrogens (primary N) is 1. The van der Waals surface area contributed by atoms with Gasteiger partial charge in [0.15, 0.2) is 0 Å². The lowest BCUT2D eigenvalue weighted by Crippen LogP contribution is -2.04. The number of rotatable bonds is 2. The number of nitrogens with zero attached hydrogens (tertiary/aromatic N) is 1. The van der Waals surface area contributed by atoms with Crippen molar-refractivity contribution in [3.8, 4) is 0 Å². The molecule has 60 valence electrons. The Morgan fingerprint density at radius 1 is 1.73 bits per heavy atom. The summed E-state index contributed by atoms with van der Waals surface area (Å²) in [5.74, 6) is 0.425. The Labute approximate surface area is 67.4 Å². The van der Waals surface area contributed by atoms with Crippen molar-refractivity contribution in [2.24, 2.45) is 0 Å². The standard InChI is InChI=1S/C7H11N2OP/c1-11-6-2-5(4-10)7(8)9-3-6/h2-3,10-11H,4H2,1H3,(H2,8,9). The van der Waals surface area contributed by atoms with Crippen LogP contribution in [0.25, 0.3) is 0 Å². The lowest BCUT2D eigenvalue weighted by Gasteiger charge is -2.02. The minimum atomic E-state index is -0.0306. The minimum absolute atomic E-state index is 0.0306. The number of aliphatic hydroxyl groups excluding tert-OH is 1. The third-order valence-electron chi connectivity index (χ3n) is 1.46. The first kappa shape index (κ1) is 8.44. The van der Waals surface area contributed by atoms with E-state index in [0.717, 1.165) is 10.9 Å². The van der Waals surface area contributed by atoms with Gasteiger partial charge in [0.2, 0.25) is 0 Å². The van der Waals surface area contributed by atoms with Crippen molar-refractivity contribution in [1.29, 1.82) is 0 Å². The Kier molecular flexibility index (Phi) is 2.80. The smallest absolute Gasteiger partial charge is 0.128 e. The van der Waals surface area contributed by atoms with Crippen LogP contribution in [0.5, 0.6) is 0 Å². The number of aliphatic hydroxyl groups is 1. The molecule has 1 rings (SSSR count). The van der Waals surface area contributed by atoms with Crippen LogP contribution in [0.4, 0.5) is 5.82 Å². The van der Waals surface area contributed by atoms with Crippen LogP contribution in [0.3, 0.4) is 0 Å². The van der Waals surface area contributed by atoms with Crippen molar-refractivity contribution in [2.75, 3.05) is 12.4 Å². The second-order valence-corrected chi connectivity index (χ2v) is 3.25. The van der Waals surface area contributed by atoms with E-state index in [4.69, 9.17) is 10.8 Å². The average Bonchev–Trinajstić information content (AvgIpc) is 2.05. The summed E-state index contributed by atoms with van der Waals surface area (Å²) in [5.41, 5.74) is 6.21. The SMILES string of the molecule is CPc1cnc(N)c(CO)c1. The third-order valence-corrected chi connectivity index (χ3v) is 2.31. The molecule has 0 amide bonds. The van der Waals surface area contributed by atoms with Gasteiger partial charge in [-0.05, 0) is 18.0 Å². The summed E-state index contributed by atoms with van der Waals surface area (Å²) in [6.45, 7) is 2.03. The van der Waals surface area contributed by atoms with E-state index in [9.17, 15) is 0 Å². The van der Waals surface area contributed by atoms with Crippen molar-refractivity contribution in [2.45, 2.75) is 6.61 Å². The minimum Gasteiger partial charge on any atom is -0.392 e. The summed E-state index contributed by atoms with van der Waals surface area (Å²) in [6.07, 6.45) is 1.74. The zero-order valence-electron chi connectivity index (χ0n) is 6.33. The van der Waals surface area contributed by atoms with E-state index in [1.807, 2.05) is 6.07 Å². The second-order valence-electron chi connectivity index (χ2n) is 2.18. The molecule has 0 saturated carbocycles.